The Morgan fingerprint density at radius 1 is 1.31 bits per heavy atom. The lowest BCUT2D eigenvalue weighted by Gasteiger charge is -2.14. The summed E-state index contributed by atoms with van der Waals surface area (Å²) in [5.74, 6) is 0.891. The fraction of sp³-hybridized carbons (Fsp3) is 0.750. The molecule has 0 aliphatic heterocycles. The molecule has 1 atom stereocenters. The number of hydrogen-bond donors (Lipinski definition) is 1. The van der Waals surface area contributed by atoms with Crippen LogP contribution in [0.3, 0.4) is 0 Å². The normalized spacial score (nSPS) is 13.4. The first-order chi connectivity index (χ1) is 7.52. The van der Waals surface area contributed by atoms with Crippen LogP contribution in [-0.2, 0) is 4.74 Å². The van der Waals surface area contributed by atoms with Crippen molar-refractivity contribution >= 4 is 0 Å². The van der Waals surface area contributed by atoms with Crippen LogP contribution < -0.4 is 5.32 Å². The molecule has 0 bridgehead atoms. The largest absolute Gasteiger partial charge is 0.377 e. The lowest BCUT2D eigenvalue weighted by molar-refractivity contribution is 0.0796. The van der Waals surface area contributed by atoms with Crippen LogP contribution in [0.1, 0.15) is 43.8 Å². The molecule has 1 N–H and O–H groups in total. The molecule has 0 fully saturated rings. The van der Waals surface area contributed by atoms with Crippen LogP contribution >= 0.6 is 0 Å². The van der Waals surface area contributed by atoms with Crippen molar-refractivity contribution < 1.29 is 9.26 Å². The number of ether oxygens (including phenoxy) is 1. The Morgan fingerprint density at radius 2 is 2.00 bits per heavy atom. The van der Waals surface area contributed by atoms with Gasteiger partial charge in [0.05, 0.1) is 18.4 Å². The highest BCUT2D eigenvalue weighted by Crippen LogP contribution is 2.20. The Labute approximate surface area is 97.3 Å². The van der Waals surface area contributed by atoms with E-state index in [0.717, 1.165) is 30.2 Å². The second kappa shape index (κ2) is 6.01. The Kier molecular flexibility index (Phi) is 4.96. The van der Waals surface area contributed by atoms with E-state index in [1.165, 1.54) is 0 Å². The number of rotatable bonds is 6. The second-order valence-electron chi connectivity index (χ2n) is 4.33. The van der Waals surface area contributed by atoms with E-state index in [4.69, 9.17) is 9.26 Å². The fourth-order valence-electron chi connectivity index (χ4n) is 1.78. The van der Waals surface area contributed by atoms with Crippen molar-refractivity contribution in [3.8, 4) is 0 Å². The van der Waals surface area contributed by atoms with Gasteiger partial charge in [0.1, 0.15) is 5.76 Å². The number of hydrogen-bond acceptors (Lipinski definition) is 4. The van der Waals surface area contributed by atoms with Gasteiger partial charge in [-0.3, -0.25) is 0 Å². The van der Waals surface area contributed by atoms with E-state index in [9.17, 15) is 0 Å². The van der Waals surface area contributed by atoms with Gasteiger partial charge in [-0.25, -0.2) is 0 Å². The minimum absolute atomic E-state index is 0.252. The molecular weight excluding hydrogens is 204 g/mol. The highest BCUT2D eigenvalue weighted by Gasteiger charge is 2.15. The maximum Gasteiger partial charge on any atom is 0.138 e. The molecule has 0 saturated heterocycles. The molecule has 4 heteroatoms. The van der Waals surface area contributed by atoms with Crippen LogP contribution in [0.4, 0.5) is 0 Å². The van der Waals surface area contributed by atoms with Crippen molar-refractivity contribution in [3.05, 3.63) is 17.0 Å². The van der Waals surface area contributed by atoms with Crippen molar-refractivity contribution in [2.45, 2.75) is 46.8 Å². The molecule has 92 valence electrons. The first-order valence-electron chi connectivity index (χ1n) is 5.80. The summed E-state index contributed by atoms with van der Waals surface area (Å²) in [4.78, 5) is 0. The number of nitrogens with zero attached hydrogens (tertiary/aromatic N) is 1. The van der Waals surface area contributed by atoms with Gasteiger partial charge < -0.3 is 14.6 Å². The topological polar surface area (TPSA) is 47.3 Å². The van der Waals surface area contributed by atoms with Crippen LogP contribution in [0.2, 0.25) is 0 Å². The first-order valence-corrected chi connectivity index (χ1v) is 5.80. The van der Waals surface area contributed by atoms with Crippen LogP contribution in [0.25, 0.3) is 0 Å². The lowest BCUT2D eigenvalue weighted by Crippen LogP contribution is -2.25. The number of aromatic nitrogens is 1. The summed E-state index contributed by atoms with van der Waals surface area (Å²) in [6.07, 6.45) is 0.288. The SMILES string of the molecule is Cc1noc(C)c1C(C)NCCOC(C)C. The second-order valence-corrected chi connectivity index (χ2v) is 4.33. The van der Waals surface area contributed by atoms with Crippen LogP contribution in [0.5, 0.6) is 0 Å². The Bertz CT molecular complexity index is 301. The highest BCUT2D eigenvalue weighted by atomic mass is 16.5. The number of aryl methyl sites for hydroxylation is 2. The molecule has 1 aromatic rings. The summed E-state index contributed by atoms with van der Waals surface area (Å²) in [6, 6.07) is 0.252. The van der Waals surface area contributed by atoms with Gasteiger partial charge in [0, 0.05) is 18.2 Å². The van der Waals surface area contributed by atoms with E-state index in [-0.39, 0.29) is 12.1 Å². The molecular formula is C12H22N2O2. The standard InChI is InChI=1S/C12H22N2O2/c1-8(2)15-7-6-13-9(3)12-10(4)14-16-11(12)5/h8-9,13H,6-7H2,1-5H3. The molecule has 16 heavy (non-hydrogen) atoms. The van der Waals surface area contributed by atoms with Crippen molar-refractivity contribution in [1.82, 2.24) is 10.5 Å². The minimum Gasteiger partial charge on any atom is -0.377 e. The third-order valence-corrected chi connectivity index (χ3v) is 2.53. The van der Waals surface area contributed by atoms with Crippen molar-refractivity contribution in [1.29, 1.82) is 0 Å². The molecule has 0 saturated carbocycles. The van der Waals surface area contributed by atoms with Gasteiger partial charge in [0.15, 0.2) is 0 Å². The maximum absolute atomic E-state index is 5.47. The molecule has 0 amide bonds. The average Bonchev–Trinajstić information content (AvgIpc) is 2.53. The average molecular weight is 226 g/mol. The van der Waals surface area contributed by atoms with Gasteiger partial charge in [0.25, 0.3) is 0 Å². The molecule has 1 aromatic heterocycles. The zero-order valence-electron chi connectivity index (χ0n) is 10.8. The Morgan fingerprint density at radius 3 is 2.50 bits per heavy atom. The zero-order valence-corrected chi connectivity index (χ0v) is 10.8. The van der Waals surface area contributed by atoms with Crippen molar-refractivity contribution in [2.75, 3.05) is 13.2 Å². The summed E-state index contributed by atoms with van der Waals surface area (Å²) in [5.41, 5.74) is 2.12. The molecule has 0 aromatic carbocycles. The lowest BCUT2D eigenvalue weighted by atomic mass is 10.1. The summed E-state index contributed by atoms with van der Waals surface area (Å²) in [7, 11) is 0. The van der Waals surface area contributed by atoms with Gasteiger partial charge in [-0.15, -0.1) is 0 Å². The zero-order chi connectivity index (χ0) is 12.1. The molecule has 0 radical (unpaired) electrons. The summed E-state index contributed by atoms with van der Waals surface area (Å²) in [6.45, 7) is 11.7. The third-order valence-electron chi connectivity index (χ3n) is 2.53. The predicted molar refractivity (Wildman–Crippen MR) is 63.5 cm³/mol. The molecule has 1 unspecified atom stereocenters. The van der Waals surface area contributed by atoms with Gasteiger partial charge in [-0.2, -0.15) is 0 Å². The van der Waals surface area contributed by atoms with Gasteiger partial charge in [-0.05, 0) is 34.6 Å². The summed E-state index contributed by atoms with van der Waals surface area (Å²) >= 11 is 0. The quantitative estimate of drug-likeness (QED) is 0.756. The Balaban J connectivity index is 2.38. The monoisotopic (exact) mass is 226 g/mol. The van der Waals surface area contributed by atoms with Crippen LogP contribution in [0, 0.1) is 13.8 Å². The fourth-order valence-corrected chi connectivity index (χ4v) is 1.78. The predicted octanol–water partition coefficient (Wildman–Crippen LogP) is 2.37. The van der Waals surface area contributed by atoms with Crippen LogP contribution in [-0.4, -0.2) is 24.4 Å². The first kappa shape index (κ1) is 13.2. The van der Waals surface area contributed by atoms with Crippen molar-refractivity contribution in [3.63, 3.8) is 0 Å². The molecule has 0 spiro atoms. The van der Waals surface area contributed by atoms with E-state index >= 15 is 0 Å². The maximum atomic E-state index is 5.47. The molecule has 1 heterocycles. The number of nitrogens with one attached hydrogen (secondary N) is 1. The Hall–Kier alpha value is -0.870. The summed E-state index contributed by atoms with van der Waals surface area (Å²) in [5, 5.41) is 7.34. The van der Waals surface area contributed by atoms with Gasteiger partial charge in [-0.1, -0.05) is 5.16 Å². The molecule has 4 nitrogen and oxygen atoms in total. The molecule has 0 aliphatic carbocycles. The molecule has 0 aliphatic rings. The van der Waals surface area contributed by atoms with Crippen LogP contribution in [0.15, 0.2) is 4.52 Å². The molecule has 1 rings (SSSR count). The van der Waals surface area contributed by atoms with E-state index < -0.39 is 0 Å². The van der Waals surface area contributed by atoms with E-state index in [0.29, 0.717) is 0 Å². The summed E-state index contributed by atoms with van der Waals surface area (Å²) < 4.78 is 10.6. The van der Waals surface area contributed by atoms with E-state index in [1.807, 2.05) is 27.7 Å². The smallest absolute Gasteiger partial charge is 0.138 e. The third kappa shape index (κ3) is 3.61. The van der Waals surface area contributed by atoms with E-state index in [2.05, 4.69) is 17.4 Å². The van der Waals surface area contributed by atoms with E-state index in [1.54, 1.807) is 0 Å². The minimum atomic E-state index is 0.252. The highest BCUT2D eigenvalue weighted by molar-refractivity contribution is 5.24. The van der Waals surface area contributed by atoms with Gasteiger partial charge >= 0.3 is 0 Å². The van der Waals surface area contributed by atoms with Crippen molar-refractivity contribution in [2.24, 2.45) is 0 Å². The van der Waals surface area contributed by atoms with Gasteiger partial charge in [0.2, 0.25) is 0 Å².